The molecule has 1 aliphatic rings. The average molecular weight is 542 g/mol. The van der Waals surface area contributed by atoms with E-state index in [-0.39, 0.29) is 11.4 Å². The highest BCUT2D eigenvalue weighted by molar-refractivity contribution is 14.1. The quantitative estimate of drug-likeness (QED) is 0.334. The predicted octanol–water partition coefficient (Wildman–Crippen LogP) is 5.00. The molecule has 3 heterocycles. The second kappa shape index (κ2) is 8.78. The summed E-state index contributed by atoms with van der Waals surface area (Å²) in [5, 5.41) is 5.56. The van der Waals surface area contributed by atoms with Crippen LogP contribution in [0.15, 0.2) is 59.7 Å². The standard InChI is InChI=1S/C25H24FIN4O/c1-17-21(22-6-4-19(27)15-23(22)26)8-11-30(25(17)32)20-5-7-24-18(14-20)16-28-31(24)13-12-29-9-2-3-10-29/h4-8,11,14-16H,2-3,9-10,12-13H2,1H3. The number of halogens is 2. The number of nitrogens with zero attached hydrogens (tertiary/aromatic N) is 4. The molecule has 0 atom stereocenters. The van der Waals surface area contributed by atoms with E-state index in [1.54, 1.807) is 23.8 Å². The van der Waals surface area contributed by atoms with Crippen molar-refractivity contribution in [2.75, 3.05) is 19.6 Å². The van der Waals surface area contributed by atoms with Crippen molar-refractivity contribution >= 4 is 33.5 Å². The van der Waals surface area contributed by atoms with Crippen LogP contribution >= 0.6 is 22.6 Å². The van der Waals surface area contributed by atoms with Crippen molar-refractivity contribution in [3.63, 3.8) is 0 Å². The SMILES string of the molecule is Cc1c(-c2ccc(I)cc2F)ccn(-c2ccc3c(cnn3CCN3CCCC3)c2)c1=O. The van der Waals surface area contributed by atoms with Crippen molar-refractivity contribution in [3.05, 3.63) is 80.2 Å². The minimum atomic E-state index is -0.320. The molecule has 0 unspecified atom stereocenters. The average Bonchev–Trinajstić information content (AvgIpc) is 3.44. The first kappa shape index (κ1) is 21.3. The fraction of sp³-hybridized carbons (Fsp3) is 0.280. The second-order valence-electron chi connectivity index (χ2n) is 8.31. The van der Waals surface area contributed by atoms with Crippen molar-refractivity contribution in [1.82, 2.24) is 19.2 Å². The highest BCUT2D eigenvalue weighted by atomic mass is 127. The van der Waals surface area contributed by atoms with Crippen molar-refractivity contribution in [3.8, 4) is 16.8 Å². The Kier molecular flexibility index (Phi) is 5.86. The Morgan fingerprint density at radius 2 is 1.84 bits per heavy atom. The van der Waals surface area contributed by atoms with E-state index < -0.39 is 0 Å². The molecule has 1 saturated heterocycles. The number of rotatable bonds is 5. The van der Waals surface area contributed by atoms with Crippen LogP contribution in [0.25, 0.3) is 27.7 Å². The van der Waals surface area contributed by atoms with Gasteiger partial charge in [0.2, 0.25) is 0 Å². The van der Waals surface area contributed by atoms with Crippen LogP contribution in [0.2, 0.25) is 0 Å². The Morgan fingerprint density at radius 1 is 1.03 bits per heavy atom. The van der Waals surface area contributed by atoms with Gasteiger partial charge in [0.1, 0.15) is 5.82 Å². The third-order valence-electron chi connectivity index (χ3n) is 6.29. The molecule has 164 valence electrons. The third kappa shape index (κ3) is 3.99. The summed E-state index contributed by atoms with van der Waals surface area (Å²) in [5.41, 5.74) is 3.28. The molecule has 1 fully saturated rings. The summed E-state index contributed by atoms with van der Waals surface area (Å²) in [6.07, 6.45) is 6.15. The Hall–Kier alpha value is -2.52. The molecule has 1 aliphatic heterocycles. The highest BCUT2D eigenvalue weighted by Crippen LogP contribution is 2.26. The molecular weight excluding hydrogens is 518 g/mol. The second-order valence-corrected chi connectivity index (χ2v) is 9.56. The van der Waals surface area contributed by atoms with Gasteiger partial charge in [-0.1, -0.05) is 6.07 Å². The Labute approximate surface area is 199 Å². The van der Waals surface area contributed by atoms with Crippen LogP contribution in [0.4, 0.5) is 4.39 Å². The van der Waals surface area contributed by atoms with Crippen molar-refractivity contribution < 1.29 is 4.39 Å². The third-order valence-corrected chi connectivity index (χ3v) is 6.96. The minimum absolute atomic E-state index is 0.152. The van der Waals surface area contributed by atoms with Crippen LogP contribution in [-0.4, -0.2) is 38.9 Å². The molecule has 5 nitrogen and oxygen atoms in total. The zero-order valence-corrected chi connectivity index (χ0v) is 20.0. The molecule has 4 aromatic rings. The number of fused-ring (bicyclic) bond motifs is 1. The lowest BCUT2D eigenvalue weighted by atomic mass is 10.0. The van der Waals surface area contributed by atoms with Crippen LogP contribution < -0.4 is 5.56 Å². The largest absolute Gasteiger partial charge is 0.301 e. The van der Waals surface area contributed by atoms with Gasteiger partial charge in [-0.2, -0.15) is 5.10 Å². The first-order valence-corrected chi connectivity index (χ1v) is 11.9. The molecule has 0 N–H and O–H groups in total. The van der Waals surface area contributed by atoms with Crippen LogP contribution in [0.3, 0.4) is 0 Å². The van der Waals surface area contributed by atoms with Crippen LogP contribution in [0.5, 0.6) is 0 Å². The molecule has 0 bridgehead atoms. The van der Waals surface area contributed by atoms with Gasteiger partial charge in [-0.05, 0) is 97.4 Å². The summed E-state index contributed by atoms with van der Waals surface area (Å²) in [6, 6.07) is 12.8. The molecule has 0 amide bonds. The maximum Gasteiger partial charge on any atom is 0.258 e. The van der Waals surface area contributed by atoms with Gasteiger partial charge in [-0.15, -0.1) is 0 Å². The molecular formula is C25H24FIN4O. The fourth-order valence-corrected chi connectivity index (χ4v) is 4.94. The molecule has 5 rings (SSSR count). The number of benzene rings is 2. The summed E-state index contributed by atoms with van der Waals surface area (Å²) in [4.78, 5) is 15.6. The monoisotopic (exact) mass is 542 g/mol. The topological polar surface area (TPSA) is 43.1 Å². The molecule has 0 spiro atoms. The zero-order chi connectivity index (χ0) is 22.2. The van der Waals surface area contributed by atoms with Gasteiger partial charge < -0.3 is 4.90 Å². The maximum absolute atomic E-state index is 14.5. The zero-order valence-electron chi connectivity index (χ0n) is 17.9. The van der Waals surface area contributed by atoms with Crippen molar-refractivity contribution in [2.24, 2.45) is 0 Å². The molecule has 0 radical (unpaired) electrons. The van der Waals surface area contributed by atoms with E-state index in [0.717, 1.165) is 33.3 Å². The Balaban J connectivity index is 1.46. The van der Waals surface area contributed by atoms with Crippen molar-refractivity contribution in [2.45, 2.75) is 26.3 Å². The number of likely N-dealkylation sites (tertiary alicyclic amines) is 1. The summed E-state index contributed by atoms with van der Waals surface area (Å²) in [6.45, 7) is 5.97. The lowest BCUT2D eigenvalue weighted by Gasteiger charge is -2.15. The van der Waals surface area contributed by atoms with E-state index in [1.807, 2.05) is 41.2 Å². The number of pyridine rings is 1. The lowest BCUT2D eigenvalue weighted by molar-refractivity contribution is 0.318. The van der Waals surface area contributed by atoms with Gasteiger partial charge in [-0.3, -0.25) is 14.0 Å². The van der Waals surface area contributed by atoms with E-state index in [9.17, 15) is 9.18 Å². The molecule has 0 aliphatic carbocycles. The van der Waals surface area contributed by atoms with Gasteiger partial charge in [0, 0.05) is 38.5 Å². The highest BCUT2D eigenvalue weighted by Gasteiger charge is 2.15. The van der Waals surface area contributed by atoms with Gasteiger partial charge in [0.05, 0.1) is 18.3 Å². The maximum atomic E-state index is 14.5. The summed E-state index contributed by atoms with van der Waals surface area (Å²) in [5.74, 6) is -0.320. The van der Waals surface area contributed by atoms with E-state index in [2.05, 4.69) is 32.6 Å². The Bertz CT molecular complexity index is 1350. The van der Waals surface area contributed by atoms with Crippen molar-refractivity contribution in [1.29, 1.82) is 0 Å². The molecule has 2 aromatic carbocycles. The molecule has 2 aromatic heterocycles. The minimum Gasteiger partial charge on any atom is -0.301 e. The molecule has 7 heteroatoms. The normalized spacial score (nSPS) is 14.5. The van der Waals surface area contributed by atoms with Gasteiger partial charge in [-0.25, -0.2) is 4.39 Å². The molecule has 32 heavy (non-hydrogen) atoms. The van der Waals surface area contributed by atoms with Gasteiger partial charge in [0.15, 0.2) is 0 Å². The van der Waals surface area contributed by atoms with E-state index in [0.29, 0.717) is 16.7 Å². The number of hydrogen-bond acceptors (Lipinski definition) is 3. The fourth-order valence-electron chi connectivity index (χ4n) is 4.49. The van der Waals surface area contributed by atoms with E-state index in [4.69, 9.17) is 0 Å². The van der Waals surface area contributed by atoms with Gasteiger partial charge in [0.25, 0.3) is 5.56 Å². The summed E-state index contributed by atoms with van der Waals surface area (Å²) in [7, 11) is 0. The summed E-state index contributed by atoms with van der Waals surface area (Å²) >= 11 is 2.08. The number of hydrogen-bond donors (Lipinski definition) is 0. The van der Waals surface area contributed by atoms with Crippen LogP contribution in [0, 0.1) is 16.3 Å². The number of aromatic nitrogens is 3. The summed E-state index contributed by atoms with van der Waals surface area (Å²) < 4.78 is 19.0. The van der Waals surface area contributed by atoms with Gasteiger partial charge >= 0.3 is 0 Å². The first-order chi connectivity index (χ1) is 15.5. The van der Waals surface area contributed by atoms with Crippen LogP contribution in [-0.2, 0) is 6.54 Å². The smallest absolute Gasteiger partial charge is 0.258 e. The van der Waals surface area contributed by atoms with Crippen LogP contribution in [0.1, 0.15) is 18.4 Å². The van der Waals surface area contributed by atoms with E-state index in [1.165, 1.54) is 32.0 Å². The van der Waals surface area contributed by atoms with E-state index >= 15 is 0 Å². The molecule has 0 saturated carbocycles. The lowest BCUT2D eigenvalue weighted by Crippen LogP contribution is -2.24. The predicted molar refractivity (Wildman–Crippen MR) is 134 cm³/mol. The Morgan fingerprint density at radius 3 is 2.62 bits per heavy atom. The first-order valence-electron chi connectivity index (χ1n) is 10.9.